The zero-order valence-electron chi connectivity index (χ0n) is 14.1. The number of benzene rings is 1. The fourth-order valence-electron chi connectivity index (χ4n) is 2.97. The number of carbonyl (C=O) groups is 1. The number of anilines is 1. The summed E-state index contributed by atoms with van der Waals surface area (Å²) in [6.45, 7) is 6.23. The van der Waals surface area contributed by atoms with Crippen LogP contribution in [-0.4, -0.2) is 52.9 Å². The van der Waals surface area contributed by atoms with Crippen LogP contribution in [0.1, 0.15) is 12.5 Å². The first-order chi connectivity index (χ1) is 11.7. The van der Waals surface area contributed by atoms with Crippen molar-refractivity contribution in [1.29, 1.82) is 0 Å². The van der Waals surface area contributed by atoms with Crippen LogP contribution in [0.3, 0.4) is 0 Å². The van der Waals surface area contributed by atoms with Gasteiger partial charge in [-0.1, -0.05) is 36.4 Å². The second-order valence-electron chi connectivity index (χ2n) is 6.17. The van der Waals surface area contributed by atoms with E-state index in [9.17, 15) is 4.79 Å². The number of piperazine rings is 1. The number of carbonyl (C=O) groups excluding carboxylic acids is 1. The van der Waals surface area contributed by atoms with Crippen LogP contribution in [0.4, 0.5) is 5.82 Å². The van der Waals surface area contributed by atoms with Gasteiger partial charge in [-0.05, 0) is 24.6 Å². The largest absolute Gasteiger partial charge is 0.359 e. The highest BCUT2D eigenvalue weighted by Gasteiger charge is 2.24. The summed E-state index contributed by atoms with van der Waals surface area (Å²) in [5.74, 6) is 0.876. The Morgan fingerprint density at radius 3 is 2.46 bits per heavy atom. The summed E-state index contributed by atoms with van der Waals surface area (Å²) in [7, 11) is 0. The molecule has 3 rings (SSSR count). The molecule has 1 aromatic heterocycles. The van der Waals surface area contributed by atoms with E-state index in [0.717, 1.165) is 38.5 Å². The molecule has 2 heterocycles. The molecule has 1 aliphatic rings. The van der Waals surface area contributed by atoms with E-state index in [-0.39, 0.29) is 11.9 Å². The summed E-state index contributed by atoms with van der Waals surface area (Å²) >= 11 is 0. The monoisotopic (exact) mass is 324 g/mol. The van der Waals surface area contributed by atoms with Gasteiger partial charge in [-0.3, -0.25) is 9.69 Å². The predicted molar refractivity (Wildman–Crippen MR) is 95.6 cm³/mol. The topological polar surface area (TPSA) is 48.5 Å². The van der Waals surface area contributed by atoms with E-state index in [1.165, 1.54) is 5.56 Å². The van der Waals surface area contributed by atoms with Crippen molar-refractivity contribution >= 4 is 11.7 Å². The van der Waals surface area contributed by atoms with Gasteiger partial charge in [0.1, 0.15) is 11.9 Å². The van der Waals surface area contributed by atoms with E-state index >= 15 is 0 Å². The molecule has 1 aliphatic heterocycles. The SMILES string of the molecule is C[C@@H](Nc1ccccn1)C(=O)N1CCN(Cc2ccccc2)CC1. The molecule has 0 radical (unpaired) electrons. The quantitative estimate of drug-likeness (QED) is 0.916. The van der Waals surface area contributed by atoms with Crippen LogP contribution < -0.4 is 5.32 Å². The fourth-order valence-corrected chi connectivity index (χ4v) is 2.97. The Labute approximate surface area is 143 Å². The van der Waals surface area contributed by atoms with E-state index in [0.29, 0.717) is 0 Å². The lowest BCUT2D eigenvalue weighted by atomic mass is 10.2. The number of pyridine rings is 1. The summed E-state index contributed by atoms with van der Waals surface area (Å²) < 4.78 is 0. The smallest absolute Gasteiger partial charge is 0.244 e. The molecule has 24 heavy (non-hydrogen) atoms. The molecule has 1 fully saturated rings. The zero-order valence-corrected chi connectivity index (χ0v) is 14.1. The third-order valence-corrected chi connectivity index (χ3v) is 4.33. The number of nitrogens with zero attached hydrogens (tertiary/aromatic N) is 3. The highest BCUT2D eigenvalue weighted by atomic mass is 16.2. The maximum atomic E-state index is 12.6. The highest BCUT2D eigenvalue weighted by Crippen LogP contribution is 2.11. The molecule has 0 bridgehead atoms. The lowest BCUT2D eigenvalue weighted by Crippen LogP contribution is -2.51. The normalized spacial score (nSPS) is 16.6. The van der Waals surface area contributed by atoms with Crippen molar-refractivity contribution in [2.45, 2.75) is 19.5 Å². The Kier molecular flexibility index (Phi) is 5.43. The van der Waals surface area contributed by atoms with Gasteiger partial charge in [0.25, 0.3) is 0 Å². The molecular formula is C19H24N4O. The third-order valence-electron chi connectivity index (χ3n) is 4.33. The molecule has 0 unspecified atom stereocenters. The maximum absolute atomic E-state index is 12.6. The van der Waals surface area contributed by atoms with Crippen LogP contribution in [0.5, 0.6) is 0 Å². The van der Waals surface area contributed by atoms with Gasteiger partial charge in [0.2, 0.25) is 5.91 Å². The van der Waals surface area contributed by atoms with Crippen LogP contribution >= 0.6 is 0 Å². The Morgan fingerprint density at radius 1 is 1.08 bits per heavy atom. The lowest BCUT2D eigenvalue weighted by Gasteiger charge is -2.36. The zero-order chi connectivity index (χ0) is 16.8. The minimum atomic E-state index is -0.263. The van der Waals surface area contributed by atoms with E-state index in [2.05, 4.69) is 39.5 Å². The van der Waals surface area contributed by atoms with E-state index < -0.39 is 0 Å². The van der Waals surface area contributed by atoms with Crippen molar-refractivity contribution in [1.82, 2.24) is 14.8 Å². The van der Waals surface area contributed by atoms with Gasteiger partial charge in [0.15, 0.2) is 0 Å². The summed E-state index contributed by atoms with van der Waals surface area (Å²) in [5, 5.41) is 3.17. The van der Waals surface area contributed by atoms with Crippen molar-refractivity contribution in [3.63, 3.8) is 0 Å². The number of hydrogen-bond donors (Lipinski definition) is 1. The summed E-state index contributed by atoms with van der Waals surface area (Å²) in [4.78, 5) is 21.1. The molecule has 0 aliphatic carbocycles. The van der Waals surface area contributed by atoms with Gasteiger partial charge < -0.3 is 10.2 Å². The molecule has 5 heteroatoms. The van der Waals surface area contributed by atoms with E-state index in [1.54, 1.807) is 6.20 Å². The van der Waals surface area contributed by atoms with Crippen LogP contribution in [0, 0.1) is 0 Å². The molecule has 1 saturated heterocycles. The number of amides is 1. The molecule has 2 aromatic rings. The molecule has 1 N–H and O–H groups in total. The summed E-state index contributed by atoms with van der Waals surface area (Å²) in [6.07, 6.45) is 1.72. The molecular weight excluding hydrogens is 300 g/mol. The van der Waals surface area contributed by atoms with Crippen molar-refractivity contribution in [2.24, 2.45) is 0 Å². The average molecular weight is 324 g/mol. The first kappa shape index (κ1) is 16.5. The van der Waals surface area contributed by atoms with Gasteiger partial charge in [0, 0.05) is 38.9 Å². The van der Waals surface area contributed by atoms with Crippen molar-refractivity contribution < 1.29 is 4.79 Å². The van der Waals surface area contributed by atoms with E-state index in [1.807, 2.05) is 36.1 Å². The number of hydrogen-bond acceptors (Lipinski definition) is 4. The maximum Gasteiger partial charge on any atom is 0.244 e. The predicted octanol–water partition coefficient (Wildman–Crippen LogP) is 2.23. The van der Waals surface area contributed by atoms with Crippen LogP contribution in [0.15, 0.2) is 54.7 Å². The third kappa shape index (κ3) is 4.32. The van der Waals surface area contributed by atoms with Gasteiger partial charge in [0.05, 0.1) is 0 Å². The molecule has 126 valence electrons. The van der Waals surface area contributed by atoms with Crippen molar-refractivity contribution in [3.8, 4) is 0 Å². The van der Waals surface area contributed by atoms with Crippen molar-refractivity contribution in [3.05, 3.63) is 60.3 Å². The Balaban J connectivity index is 1.48. The molecule has 1 amide bonds. The Bertz CT molecular complexity index is 639. The van der Waals surface area contributed by atoms with Gasteiger partial charge in [-0.2, -0.15) is 0 Å². The minimum Gasteiger partial charge on any atom is -0.359 e. The highest BCUT2D eigenvalue weighted by molar-refractivity contribution is 5.84. The second kappa shape index (κ2) is 7.93. The Hall–Kier alpha value is -2.40. The Morgan fingerprint density at radius 2 is 1.79 bits per heavy atom. The van der Waals surface area contributed by atoms with Crippen LogP contribution in [0.25, 0.3) is 0 Å². The number of nitrogens with one attached hydrogen (secondary N) is 1. The molecule has 1 aromatic carbocycles. The molecule has 1 atom stereocenters. The summed E-state index contributed by atoms with van der Waals surface area (Å²) in [5.41, 5.74) is 1.32. The second-order valence-corrected chi connectivity index (χ2v) is 6.17. The van der Waals surface area contributed by atoms with Crippen LogP contribution in [0.2, 0.25) is 0 Å². The van der Waals surface area contributed by atoms with E-state index in [4.69, 9.17) is 0 Å². The van der Waals surface area contributed by atoms with Crippen molar-refractivity contribution in [2.75, 3.05) is 31.5 Å². The standard InChI is InChI=1S/C19H24N4O/c1-16(21-18-9-5-6-10-20-18)19(24)23-13-11-22(12-14-23)15-17-7-3-2-4-8-17/h2-10,16H,11-15H2,1H3,(H,20,21)/t16-/m1/s1. The average Bonchev–Trinajstić information content (AvgIpc) is 2.63. The number of rotatable bonds is 5. The lowest BCUT2D eigenvalue weighted by molar-refractivity contribution is -0.133. The van der Waals surface area contributed by atoms with Gasteiger partial charge in [-0.15, -0.1) is 0 Å². The minimum absolute atomic E-state index is 0.139. The molecule has 0 spiro atoms. The summed E-state index contributed by atoms with van der Waals surface area (Å²) in [6, 6.07) is 15.9. The first-order valence-corrected chi connectivity index (χ1v) is 8.45. The molecule has 0 saturated carbocycles. The van der Waals surface area contributed by atoms with Gasteiger partial charge in [-0.25, -0.2) is 4.98 Å². The fraction of sp³-hybridized carbons (Fsp3) is 0.368. The first-order valence-electron chi connectivity index (χ1n) is 8.45. The molecule has 5 nitrogen and oxygen atoms in total. The van der Waals surface area contributed by atoms with Crippen LogP contribution in [-0.2, 0) is 11.3 Å². The van der Waals surface area contributed by atoms with Gasteiger partial charge >= 0.3 is 0 Å². The number of aromatic nitrogens is 1.